The lowest BCUT2D eigenvalue weighted by molar-refractivity contribution is -0.117. The fraction of sp³-hybridized carbons (Fsp3) is 0.261. The molecule has 1 fully saturated rings. The highest BCUT2D eigenvalue weighted by Crippen LogP contribution is 2.14. The number of nitrogens with zero attached hydrogens (tertiary/aromatic N) is 4. The van der Waals surface area contributed by atoms with Crippen LogP contribution in [0.5, 0.6) is 0 Å². The fourth-order valence-electron chi connectivity index (χ4n) is 3.61. The van der Waals surface area contributed by atoms with Gasteiger partial charge in [-0.3, -0.25) is 14.5 Å². The van der Waals surface area contributed by atoms with Gasteiger partial charge in [0.25, 0.3) is 5.91 Å². The molecular formula is C23H24FN5O2. The first-order valence-electron chi connectivity index (χ1n) is 10.2. The van der Waals surface area contributed by atoms with Gasteiger partial charge in [0, 0.05) is 49.3 Å². The Morgan fingerprint density at radius 2 is 1.65 bits per heavy atom. The van der Waals surface area contributed by atoms with Crippen molar-refractivity contribution in [2.24, 2.45) is 0 Å². The first-order chi connectivity index (χ1) is 15.0. The Morgan fingerprint density at radius 3 is 2.26 bits per heavy atom. The van der Waals surface area contributed by atoms with E-state index in [-0.39, 0.29) is 24.2 Å². The summed E-state index contributed by atoms with van der Waals surface area (Å²) in [5, 5.41) is 7.04. The standard InChI is InChI=1S/C23H24FN5O2/c1-17-10-11-25-29(17)21-8-2-18(3-9-21)23(31)28-14-12-27(13-15-28)16-22(30)26-20-6-4-19(24)5-7-20/h2-11H,12-16H2,1H3,(H,26,30). The van der Waals surface area contributed by atoms with Crippen molar-refractivity contribution in [2.75, 3.05) is 38.0 Å². The van der Waals surface area contributed by atoms with Gasteiger partial charge in [0.05, 0.1) is 12.2 Å². The van der Waals surface area contributed by atoms with E-state index in [1.165, 1.54) is 24.3 Å². The molecule has 2 aromatic carbocycles. The summed E-state index contributed by atoms with van der Waals surface area (Å²) in [4.78, 5) is 28.9. The second kappa shape index (κ2) is 9.09. The first kappa shape index (κ1) is 20.7. The molecule has 0 aliphatic carbocycles. The van der Waals surface area contributed by atoms with Gasteiger partial charge in [0.2, 0.25) is 5.91 Å². The SMILES string of the molecule is Cc1ccnn1-c1ccc(C(=O)N2CCN(CC(=O)Nc3ccc(F)cc3)CC2)cc1. The molecule has 1 aliphatic heterocycles. The zero-order valence-electron chi connectivity index (χ0n) is 17.3. The molecule has 0 atom stereocenters. The second-order valence-corrected chi connectivity index (χ2v) is 7.55. The average molecular weight is 421 g/mol. The lowest BCUT2D eigenvalue weighted by Crippen LogP contribution is -2.50. The maximum absolute atomic E-state index is 13.0. The van der Waals surface area contributed by atoms with Crippen molar-refractivity contribution in [3.8, 4) is 5.69 Å². The highest BCUT2D eigenvalue weighted by molar-refractivity contribution is 5.94. The van der Waals surface area contributed by atoms with E-state index in [4.69, 9.17) is 0 Å². The second-order valence-electron chi connectivity index (χ2n) is 7.55. The molecule has 3 aromatic rings. The van der Waals surface area contributed by atoms with Crippen molar-refractivity contribution in [3.05, 3.63) is 77.9 Å². The van der Waals surface area contributed by atoms with Crippen molar-refractivity contribution in [2.45, 2.75) is 6.92 Å². The number of aryl methyl sites for hydroxylation is 1. The predicted octanol–water partition coefficient (Wildman–Crippen LogP) is 2.72. The van der Waals surface area contributed by atoms with Crippen molar-refractivity contribution in [1.82, 2.24) is 19.6 Å². The summed E-state index contributed by atoms with van der Waals surface area (Å²) in [7, 11) is 0. The smallest absolute Gasteiger partial charge is 0.253 e. The maximum atomic E-state index is 13.0. The number of carbonyl (C=O) groups is 2. The van der Waals surface area contributed by atoms with Crippen LogP contribution >= 0.6 is 0 Å². The molecule has 2 amide bonds. The molecule has 2 heterocycles. The summed E-state index contributed by atoms with van der Waals surface area (Å²) in [5.74, 6) is -0.514. The highest BCUT2D eigenvalue weighted by atomic mass is 19.1. The molecule has 1 N–H and O–H groups in total. The number of hydrogen-bond donors (Lipinski definition) is 1. The summed E-state index contributed by atoms with van der Waals surface area (Å²) < 4.78 is 14.8. The van der Waals surface area contributed by atoms with Crippen LogP contribution in [0.15, 0.2) is 60.8 Å². The van der Waals surface area contributed by atoms with Crippen molar-refractivity contribution < 1.29 is 14.0 Å². The Morgan fingerprint density at radius 1 is 0.968 bits per heavy atom. The van der Waals surface area contributed by atoms with Gasteiger partial charge in [0.1, 0.15) is 5.82 Å². The minimum atomic E-state index is -0.343. The first-order valence-corrected chi connectivity index (χ1v) is 10.2. The van der Waals surface area contributed by atoms with Crippen LogP contribution in [0, 0.1) is 12.7 Å². The molecule has 0 unspecified atom stereocenters. The number of hydrogen-bond acceptors (Lipinski definition) is 4. The third kappa shape index (κ3) is 4.97. The van der Waals surface area contributed by atoms with E-state index in [2.05, 4.69) is 10.4 Å². The molecular weight excluding hydrogens is 397 g/mol. The van der Waals surface area contributed by atoms with E-state index >= 15 is 0 Å². The Labute approximate surface area is 180 Å². The molecule has 4 rings (SSSR count). The number of aromatic nitrogens is 2. The molecule has 1 saturated heterocycles. The molecule has 7 nitrogen and oxygen atoms in total. The average Bonchev–Trinajstić information content (AvgIpc) is 3.21. The Balaban J connectivity index is 1.28. The van der Waals surface area contributed by atoms with Crippen LogP contribution in [-0.2, 0) is 4.79 Å². The minimum Gasteiger partial charge on any atom is -0.336 e. The summed E-state index contributed by atoms with van der Waals surface area (Å²) in [6, 6.07) is 15.0. The number of halogens is 1. The molecule has 0 radical (unpaired) electrons. The lowest BCUT2D eigenvalue weighted by Gasteiger charge is -2.34. The largest absolute Gasteiger partial charge is 0.336 e. The van der Waals surface area contributed by atoms with Crippen LogP contribution in [0.3, 0.4) is 0 Å². The fourth-order valence-corrected chi connectivity index (χ4v) is 3.61. The molecule has 0 bridgehead atoms. The van der Waals surface area contributed by atoms with Gasteiger partial charge in [-0.25, -0.2) is 9.07 Å². The Bertz CT molecular complexity index is 1050. The number of piperazine rings is 1. The third-order valence-corrected chi connectivity index (χ3v) is 5.35. The van der Waals surface area contributed by atoms with E-state index in [0.717, 1.165) is 11.4 Å². The van der Waals surface area contributed by atoms with Gasteiger partial charge in [0.15, 0.2) is 0 Å². The van der Waals surface area contributed by atoms with E-state index in [1.54, 1.807) is 6.20 Å². The topological polar surface area (TPSA) is 70.5 Å². The monoisotopic (exact) mass is 421 g/mol. The summed E-state index contributed by atoms with van der Waals surface area (Å²) in [6.07, 6.45) is 1.74. The zero-order valence-corrected chi connectivity index (χ0v) is 17.3. The van der Waals surface area contributed by atoms with Gasteiger partial charge >= 0.3 is 0 Å². The quantitative estimate of drug-likeness (QED) is 0.688. The summed E-state index contributed by atoms with van der Waals surface area (Å²) in [6.45, 7) is 4.56. The zero-order chi connectivity index (χ0) is 21.8. The summed E-state index contributed by atoms with van der Waals surface area (Å²) >= 11 is 0. The molecule has 8 heteroatoms. The number of carbonyl (C=O) groups excluding carboxylic acids is 2. The maximum Gasteiger partial charge on any atom is 0.253 e. The number of nitrogens with one attached hydrogen (secondary N) is 1. The Kier molecular flexibility index (Phi) is 6.08. The molecule has 0 saturated carbocycles. The molecule has 31 heavy (non-hydrogen) atoms. The van der Waals surface area contributed by atoms with Crippen LogP contribution in [-0.4, -0.2) is 64.1 Å². The van der Waals surface area contributed by atoms with E-state index < -0.39 is 0 Å². The van der Waals surface area contributed by atoms with E-state index in [9.17, 15) is 14.0 Å². The third-order valence-electron chi connectivity index (χ3n) is 5.35. The van der Waals surface area contributed by atoms with Crippen LogP contribution in [0.25, 0.3) is 5.69 Å². The van der Waals surface area contributed by atoms with Crippen LogP contribution in [0.1, 0.15) is 16.1 Å². The van der Waals surface area contributed by atoms with Gasteiger partial charge in [-0.1, -0.05) is 0 Å². The molecule has 160 valence electrons. The number of anilines is 1. The van der Waals surface area contributed by atoms with Crippen molar-refractivity contribution in [1.29, 1.82) is 0 Å². The molecule has 1 aromatic heterocycles. The predicted molar refractivity (Wildman–Crippen MR) is 116 cm³/mol. The van der Waals surface area contributed by atoms with Gasteiger partial charge in [-0.05, 0) is 61.5 Å². The molecule has 0 spiro atoms. The molecule has 1 aliphatic rings. The van der Waals surface area contributed by atoms with Gasteiger partial charge in [-0.2, -0.15) is 5.10 Å². The Hall–Kier alpha value is -3.52. The lowest BCUT2D eigenvalue weighted by atomic mass is 10.1. The summed E-state index contributed by atoms with van der Waals surface area (Å²) in [5.41, 5.74) is 3.14. The van der Waals surface area contributed by atoms with E-state index in [1.807, 2.05) is 51.7 Å². The van der Waals surface area contributed by atoms with E-state index in [0.29, 0.717) is 37.4 Å². The van der Waals surface area contributed by atoms with Gasteiger partial charge in [-0.15, -0.1) is 0 Å². The van der Waals surface area contributed by atoms with Crippen LogP contribution in [0.2, 0.25) is 0 Å². The number of amides is 2. The van der Waals surface area contributed by atoms with Crippen molar-refractivity contribution in [3.63, 3.8) is 0 Å². The van der Waals surface area contributed by atoms with Crippen LogP contribution in [0.4, 0.5) is 10.1 Å². The number of rotatable bonds is 5. The van der Waals surface area contributed by atoms with Gasteiger partial charge < -0.3 is 10.2 Å². The number of benzene rings is 2. The van der Waals surface area contributed by atoms with Crippen LogP contribution < -0.4 is 5.32 Å². The highest BCUT2D eigenvalue weighted by Gasteiger charge is 2.23. The minimum absolute atomic E-state index is 0.0147. The van der Waals surface area contributed by atoms with Crippen molar-refractivity contribution >= 4 is 17.5 Å². The normalized spacial score (nSPS) is 14.5.